The number of imidazole rings is 1. The van der Waals surface area contributed by atoms with Crippen LogP contribution in [0.1, 0.15) is 5.56 Å². The van der Waals surface area contributed by atoms with Gasteiger partial charge in [-0.15, -0.1) is 10.2 Å². The van der Waals surface area contributed by atoms with Gasteiger partial charge in [-0.2, -0.15) is 13.2 Å². The first-order valence-electron chi connectivity index (χ1n) is 7.97. The van der Waals surface area contributed by atoms with E-state index in [1.165, 1.54) is 0 Å². The maximum Gasteiger partial charge on any atom is 0.417 e. The van der Waals surface area contributed by atoms with Crippen LogP contribution in [0.25, 0.3) is 16.7 Å². The van der Waals surface area contributed by atoms with Gasteiger partial charge < -0.3 is 15.3 Å². The predicted molar refractivity (Wildman–Crippen MR) is 101 cm³/mol. The topological polar surface area (TPSA) is 108 Å². The number of alkyl halides is 3. The van der Waals surface area contributed by atoms with Crippen molar-refractivity contribution >= 4 is 51.6 Å². The first kappa shape index (κ1) is 19.3. The van der Waals surface area contributed by atoms with E-state index in [0.717, 1.165) is 28.4 Å². The monoisotopic (exact) mass is 442 g/mol. The number of aromatic nitrogens is 5. The summed E-state index contributed by atoms with van der Waals surface area (Å²) in [4.78, 5) is 28.6. The summed E-state index contributed by atoms with van der Waals surface area (Å²) in [5, 5.41) is 10.1. The first-order valence-corrected chi connectivity index (χ1v) is 9.33. The van der Waals surface area contributed by atoms with Crippen molar-refractivity contribution in [1.82, 2.24) is 24.6 Å². The van der Waals surface area contributed by atoms with Gasteiger partial charge in [-0.05, 0) is 24.3 Å². The number of H-pyrrole nitrogens is 2. The molecule has 13 heteroatoms. The number of rotatable bonds is 4. The van der Waals surface area contributed by atoms with Crippen molar-refractivity contribution in [2.24, 2.45) is 0 Å². The van der Waals surface area contributed by atoms with E-state index in [4.69, 9.17) is 11.6 Å². The highest BCUT2D eigenvalue weighted by Gasteiger charge is 2.32. The lowest BCUT2D eigenvalue weighted by Crippen LogP contribution is -2.14. The van der Waals surface area contributed by atoms with E-state index in [2.05, 4.69) is 25.5 Å². The van der Waals surface area contributed by atoms with E-state index >= 15 is 0 Å². The minimum atomic E-state index is -4.58. The number of fused-ring (bicyclic) bond motifs is 2. The SMILES string of the molecule is O=C(CSc1nnc2c(Cl)cc(C(F)(F)F)cn12)Nc1ccc2[nH]c(=O)[nH]c2c1. The number of thioether (sulfide) groups is 1. The Morgan fingerprint density at radius 1 is 1.21 bits per heavy atom. The number of pyridine rings is 1. The van der Waals surface area contributed by atoms with Crippen molar-refractivity contribution in [1.29, 1.82) is 0 Å². The second kappa shape index (κ2) is 7.12. The molecule has 3 heterocycles. The molecule has 4 rings (SSSR count). The summed E-state index contributed by atoms with van der Waals surface area (Å²) in [5.74, 6) is -0.543. The number of nitrogens with zero attached hydrogens (tertiary/aromatic N) is 3. The van der Waals surface area contributed by atoms with Crippen LogP contribution in [-0.2, 0) is 11.0 Å². The molecule has 0 radical (unpaired) electrons. The molecule has 8 nitrogen and oxygen atoms in total. The molecule has 150 valence electrons. The molecular weight excluding hydrogens is 433 g/mol. The van der Waals surface area contributed by atoms with E-state index in [-0.39, 0.29) is 27.3 Å². The van der Waals surface area contributed by atoms with Gasteiger partial charge in [0.15, 0.2) is 10.8 Å². The normalized spacial score (nSPS) is 12.0. The third-order valence-electron chi connectivity index (χ3n) is 3.89. The third kappa shape index (κ3) is 3.93. The van der Waals surface area contributed by atoms with E-state index in [1.807, 2.05) is 0 Å². The molecule has 0 atom stereocenters. The number of anilines is 1. The fourth-order valence-electron chi connectivity index (χ4n) is 2.62. The third-order valence-corrected chi connectivity index (χ3v) is 5.11. The molecule has 0 bridgehead atoms. The second-order valence-electron chi connectivity index (χ2n) is 5.93. The average Bonchev–Trinajstić information content (AvgIpc) is 3.21. The van der Waals surface area contributed by atoms with Gasteiger partial charge in [0.05, 0.1) is 27.4 Å². The summed E-state index contributed by atoms with van der Waals surface area (Å²) < 4.78 is 40.1. The average molecular weight is 443 g/mol. The lowest BCUT2D eigenvalue weighted by Gasteiger charge is -2.09. The Morgan fingerprint density at radius 2 is 1.97 bits per heavy atom. The van der Waals surface area contributed by atoms with Gasteiger partial charge in [-0.25, -0.2) is 4.79 Å². The zero-order valence-electron chi connectivity index (χ0n) is 14.2. The number of carbonyl (C=O) groups excluding carboxylic acids is 1. The zero-order chi connectivity index (χ0) is 20.8. The van der Waals surface area contributed by atoms with Gasteiger partial charge in [0, 0.05) is 11.9 Å². The molecule has 29 heavy (non-hydrogen) atoms. The molecule has 1 amide bonds. The van der Waals surface area contributed by atoms with E-state index in [0.29, 0.717) is 16.7 Å². The Balaban J connectivity index is 1.50. The van der Waals surface area contributed by atoms with E-state index in [9.17, 15) is 22.8 Å². The van der Waals surface area contributed by atoms with Gasteiger partial charge in [0.25, 0.3) is 0 Å². The number of nitrogens with one attached hydrogen (secondary N) is 3. The van der Waals surface area contributed by atoms with Crippen LogP contribution in [0.3, 0.4) is 0 Å². The van der Waals surface area contributed by atoms with Gasteiger partial charge in [0.1, 0.15) is 0 Å². The molecular formula is C16H10ClF3N6O2S. The molecule has 0 unspecified atom stereocenters. The predicted octanol–water partition coefficient (Wildman–Crippen LogP) is 3.30. The fourth-order valence-corrected chi connectivity index (χ4v) is 3.58. The summed E-state index contributed by atoms with van der Waals surface area (Å²) in [6, 6.07) is 5.59. The van der Waals surface area contributed by atoms with Crippen molar-refractivity contribution in [3.05, 3.63) is 51.5 Å². The Bertz CT molecular complexity index is 1300. The van der Waals surface area contributed by atoms with Crippen molar-refractivity contribution in [2.45, 2.75) is 11.3 Å². The van der Waals surface area contributed by atoms with Gasteiger partial charge in [-0.3, -0.25) is 9.20 Å². The first-order chi connectivity index (χ1) is 13.7. The highest BCUT2D eigenvalue weighted by Crippen LogP contribution is 2.33. The molecule has 0 aliphatic rings. The highest BCUT2D eigenvalue weighted by molar-refractivity contribution is 7.99. The molecule has 0 aliphatic heterocycles. The lowest BCUT2D eigenvalue weighted by molar-refractivity contribution is -0.137. The standard InChI is InChI=1S/C16H10ClF3N6O2S/c17-9-3-7(16(18,19)20)5-26-13(9)24-25-15(26)29-6-12(27)21-8-1-2-10-11(4-8)23-14(28)22-10/h1-5H,6H2,(H,21,27)(H2,22,23,28). The second-order valence-corrected chi connectivity index (χ2v) is 7.28. The highest BCUT2D eigenvalue weighted by atomic mass is 35.5. The van der Waals surface area contributed by atoms with Gasteiger partial charge in [0.2, 0.25) is 5.91 Å². The Kier molecular flexibility index (Phi) is 4.74. The lowest BCUT2D eigenvalue weighted by atomic mass is 10.3. The quantitative estimate of drug-likeness (QED) is 0.420. The number of amides is 1. The molecule has 4 aromatic rings. The minimum absolute atomic E-state index is 0.0597. The Morgan fingerprint density at radius 3 is 2.72 bits per heavy atom. The maximum atomic E-state index is 13.0. The van der Waals surface area contributed by atoms with Gasteiger partial charge in [-0.1, -0.05) is 23.4 Å². The van der Waals surface area contributed by atoms with Crippen molar-refractivity contribution in [3.63, 3.8) is 0 Å². The number of aromatic amines is 2. The summed E-state index contributed by atoms with van der Waals surface area (Å²) >= 11 is 6.77. The Labute approximate surface area is 168 Å². The number of carbonyl (C=O) groups is 1. The molecule has 0 aliphatic carbocycles. The zero-order valence-corrected chi connectivity index (χ0v) is 15.7. The van der Waals surface area contributed by atoms with Gasteiger partial charge >= 0.3 is 11.9 Å². The summed E-state index contributed by atoms with van der Waals surface area (Å²) in [6.07, 6.45) is -3.75. The van der Waals surface area contributed by atoms with E-state index < -0.39 is 17.6 Å². The number of halogens is 4. The molecule has 0 saturated heterocycles. The van der Waals surface area contributed by atoms with Crippen molar-refractivity contribution in [3.8, 4) is 0 Å². The van der Waals surface area contributed by atoms with Crippen LogP contribution < -0.4 is 11.0 Å². The van der Waals surface area contributed by atoms with Crippen LogP contribution in [0.4, 0.5) is 18.9 Å². The maximum absolute atomic E-state index is 13.0. The smallest absolute Gasteiger partial charge is 0.325 e. The van der Waals surface area contributed by atoms with Crippen LogP contribution in [0.15, 0.2) is 40.4 Å². The number of hydrogen-bond acceptors (Lipinski definition) is 5. The number of hydrogen-bond donors (Lipinski definition) is 3. The summed E-state index contributed by atoms with van der Waals surface area (Å²) in [5.41, 5.74) is 0.314. The fraction of sp³-hybridized carbons (Fsp3) is 0.125. The molecule has 0 spiro atoms. The Hall–Kier alpha value is -2.99. The molecule has 3 N–H and O–H groups in total. The van der Waals surface area contributed by atoms with Crippen LogP contribution in [0.2, 0.25) is 5.02 Å². The molecule has 1 aromatic carbocycles. The molecule has 0 fully saturated rings. The van der Waals surface area contributed by atoms with Crippen molar-refractivity contribution < 1.29 is 18.0 Å². The minimum Gasteiger partial charge on any atom is -0.325 e. The van der Waals surface area contributed by atoms with Crippen LogP contribution in [0, 0.1) is 0 Å². The van der Waals surface area contributed by atoms with Crippen LogP contribution in [-0.4, -0.2) is 36.2 Å². The number of benzene rings is 1. The molecule has 3 aromatic heterocycles. The molecule has 0 saturated carbocycles. The van der Waals surface area contributed by atoms with E-state index in [1.54, 1.807) is 18.2 Å². The van der Waals surface area contributed by atoms with Crippen LogP contribution in [0.5, 0.6) is 0 Å². The van der Waals surface area contributed by atoms with Crippen LogP contribution >= 0.6 is 23.4 Å². The summed E-state index contributed by atoms with van der Waals surface area (Å²) in [6.45, 7) is 0. The van der Waals surface area contributed by atoms with Crippen molar-refractivity contribution in [2.75, 3.05) is 11.1 Å². The largest absolute Gasteiger partial charge is 0.417 e. The summed E-state index contributed by atoms with van der Waals surface area (Å²) in [7, 11) is 0.